The molecule has 132 valence electrons. The molecule has 3 rings (SSSR count). The van der Waals surface area contributed by atoms with E-state index in [0.29, 0.717) is 32.8 Å². The molecular weight excluding hydrogens is 350 g/mol. The fourth-order valence-corrected chi connectivity index (χ4v) is 5.14. The second kappa shape index (κ2) is 7.01. The first-order valence-corrected chi connectivity index (χ1v) is 10.2. The molecule has 9 heteroatoms. The van der Waals surface area contributed by atoms with Gasteiger partial charge in [0.05, 0.1) is 23.8 Å². The topological polar surface area (TPSA) is 79.0 Å². The van der Waals surface area contributed by atoms with E-state index in [1.807, 2.05) is 6.92 Å². The molecule has 1 aromatic rings. The number of thioether (sulfide) groups is 1. The number of morpholine rings is 1. The van der Waals surface area contributed by atoms with Crippen LogP contribution in [-0.4, -0.2) is 57.4 Å². The Morgan fingerprint density at radius 3 is 2.71 bits per heavy atom. The van der Waals surface area contributed by atoms with Gasteiger partial charge in [-0.3, -0.25) is 4.79 Å². The second-order valence-electron chi connectivity index (χ2n) is 5.88. The Hall–Kier alpha value is -1.13. The van der Waals surface area contributed by atoms with Crippen LogP contribution in [0.2, 0.25) is 0 Å². The zero-order valence-electron chi connectivity index (χ0n) is 13.7. The molecule has 0 aliphatic carbocycles. The fraction of sp³-hybridized carbons (Fsp3) is 0.533. The summed E-state index contributed by atoms with van der Waals surface area (Å²) in [6.07, 6.45) is 0. The summed E-state index contributed by atoms with van der Waals surface area (Å²) in [5, 5.41) is 1.86. The number of nitrogens with zero attached hydrogens (tertiary/aromatic N) is 2. The number of ether oxygens (including phenoxy) is 1. The molecule has 2 heterocycles. The molecule has 0 spiro atoms. The van der Waals surface area contributed by atoms with E-state index in [1.165, 1.54) is 6.92 Å². The number of rotatable bonds is 3. The van der Waals surface area contributed by atoms with Gasteiger partial charge in [-0.1, -0.05) is 6.92 Å². The second-order valence-corrected chi connectivity index (χ2v) is 9.02. The Balaban J connectivity index is 1.87. The van der Waals surface area contributed by atoms with Crippen molar-refractivity contribution in [3.8, 4) is 0 Å². The summed E-state index contributed by atoms with van der Waals surface area (Å²) in [7, 11) is -3.65. The Labute approximate surface area is 146 Å². The van der Waals surface area contributed by atoms with Crippen molar-refractivity contribution in [2.75, 3.05) is 37.7 Å². The summed E-state index contributed by atoms with van der Waals surface area (Å²) in [5.41, 5.74) is 0.774. The van der Waals surface area contributed by atoms with E-state index in [-0.39, 0.29) is 16.1 Å². The lowest BCUT2D eigenvalue weighted by molar-refractivity contribution is -0.116. The van der Waals surface area contributed by atoms with Crippen LogP contribution in [0, 0.1) is 0 Å². The molecule has 1 saturated heterocycles. The molecule has 1 N–H and O–H groups in total. The van der Waals surface area contributed by atoms with E-state index in [9.17, 15) is 13.2 Å². The standard InChI is InChI=1S/C15H21N3O4S2/c1-11-10-18(12(2)19)14-4-3-13(9-15(14)23-11)24(20,21)16-17-5-7-22-8-6-17/h3-4,9,11,16H,5-8,10H2,1-2H3. The van der Waals surface area contributed by atoms with Gasteiger partial charge in [-0.2, -0.15) is 0 Å². The molecule has 2 aliphatic rings. The minimum absolute atomic E-state index is 0.0366. The number of hydrazine groups is 1. The molecule has 0 radical (unpaired) electrons. The lowest BCUT2D eigenvalue weighted by atomic mass is 10.2. The van der Waals surface area contributed by atoms with Crippen molar-refractivity contribution >= 4 is 33.4 Å². The van der Waals surface area contributed by atoms with Crippen LogP contribution in [0.5, 0.6) is 0 Å². The molecular formula is C15H21N3O4S2. The van der Waals surface area contributed by atoms with Crippen molar-refractivity contribution in [1.29, 1.82) is 0 Å². The average Bonchev–Trinajstić information content (AvgIpc) is 2.53. The number of carbonyl (C=O) groups excluding carboxylic acids is 1. The van der Waals surface area contributed by atoms with Crippen LogP contribution in [-0.2, 0) is 19.6 Å². The van der Waals surface area contributed by atoms with E-state index >= 15 is 0 Å². The highest BCUT2D eigenvalue weighted by Gasteiger charge is 2.27. The van der Waals surface area contributed by atoms with E-state index in [2.05, 4.69) is 4.83 Å². The maximum Gasteiger partial charge on any atom is 0.253 e. The summed E-state index contributed by atoms with van der Waals surface area (Å²) >= 11 is 1.59. The predicted molar refractivity (Wildman–Crippen MR) is 92.5 cm³/mol. The maximum atomic E-state index is 12.6. The highest BCUT2D eigenvalue weighted by molar-refractivity contribution is 8.00. The molecule has 7 nitrogen and oxygen atoms in total. The molecule has 0 saturated carbocycles. The number of hydrogen-bond donors (Lipinski definition) is 1. The SMILES string of the molecule is CC(=O)N1CC(C)Sc2cc(S(=O)(=O)NN3CCOCC3)ccc21. The van der Waals surface area contributed by atoms with Gasteiger partial charge in [-0.05, 0) is 18.2 Å². The van der Waals surface area contributed by atoms with Gasteiger partial charge >= 0.3 is 0 Å². The van der Waals surface area contributed by atoms with Gasteiger partial charge in [0.2, 0.25) is 5.91 Å². The van der Waals surface area contributed by atoms with Gasteiger partial charge in [0.15, 0.2) is 0 Å². The predicted octanol–water partition coefficient (Wildman–Crippen LogP) is 1.06. The van der Waals surface area contributed by atoms with Crippen molar-refractivity contribution in [2.45, 2.75) is 28.9 Å². The van der Waals surface area contributed by atoms with Crippen LogP contribution in [0.4, 0.5) is 5.69 Å². The molecule has 1 amide bonds. The molecule has 1 unspecified atom stereocenters. The molecule has 1 fully saturated rings. The normalized spacial score (nSPS) is 22.2. The fourth-order valence-electron chi connectivity index (χ4n) is 2.76. The highest BCUT2D eigenvalue weighted by atomic mass is 32.2. The van der Waals surface area contributed by atoms with Gasteiger partial charge in [-0.15, -0.1) is 16.6 Å². The Morgan fingerprint density at radius 2 is 2.04 bits per heavy atom. The number of fused-ring (bicyclic) bond motifs is 1. The van der Waals surface area contributed by atoms with E-state index in [1.54, 1.807) is 39.9 Å². The van der Waals surface area contributed by atoms with Gasteiger partial charge in [0.25, 0.3) is 10.0 Å². The Morgan fingerprint density at radius 1 is 1.33 bits per heavy atom. The highest BCUT2D eigenvalue weighted by Crippen LogP contribution is 2.39. The lowest BCUT2D eigenvalue weighted by Gasteiger charge is -2.32. The number of carbonyl (C=O) groups is 1. The number of nitrogens with one attached hydrogen (secondary N) is 1. The zero-order chi connectivity index (χ0) is 17.3. The van der Waals surface area contributed by atoms with Gasteiger partial charge in [0, 0.05) is 36.7 Å². The molecule has 1 aromatic carbocycles. The lowest BCUT2D eigenvalue weighted by Crippen LogP contribution is -2.48. The minimum atomic E-state index is -3.65. The van der Waals surface area contributed by atoms with E-state index in [4.69, 9.17) is 4.74 Å². The summed E-state index contributed by atoms with van der Waals surface area (Å²) in [6.45, 7) is 6.24. The molecule has 1 atom stereocenters. The van der Waals surface area contributed by atoms with Gasteiger partial charge in [0.1, 0.15) is 0 Å². The first-order chi connectivity index (χ1) is 11.4. The van der Waals surface area contributed by atoms with Crippen molar-refractivity contribution in [1.82, 2.24) is 9.84 Å². The van der Waals surface area contributed by atoms with E-state index < -0.39 is 10.0 Å². The van der Waals surface area contributed by atoms with Gasteiger partial charge < -0.3 is 9.64 Å². The van der Waals surface area contributed by atoms with Crippen LogP contribution < -0.4 is 9.73 Å². The first kappa shape index (κ1) is 17.7. The maximum absolute atomic E-state index is 12.6. The Bertz CT molecular complexity index is 732. The number of sulfonamides is 1. The molecule has 0 bridgehead atoms. The molecule has 2 aliphatic heterocycles. The van der Waals surface area contributed by atoms with Crippen LogP contribution >= 0.6 is 11.8 Å². The molecule has 24 heavy (non-hydrogen) atoms. The third-order valence-corrected chi connectivity index (χ3v) is 6.45. The largest absolute Gasteiger partial charge is 0.379 e. The third-order valence-electron chi connectivity index (χ3n) is 3.94. The van der Waals surface area contributed by atoms with Crippen molar-refractivity contribution in [2.24, 2.45) is 0 Å². The summed E-state index contributed by atoms with van der Waals surface area (Å²) in [4.78, 5) is 17.1. The third kappa shape index (κ3) is 3.75. The summed E-state index contributed by atoms with van der Waals surface area (Å²) in [6, 6.07) is 4.91. The number of amides is 1. The van der Waals surface area contributed by atoms with Crippen LogP contribution in [0.25, 0.3) is 0 Å². The van der Waals surface area contributed by atoms with Crippen molar-refractivity contribution < 1.29 is 17.9 Å². The smallest absolute Gasteiger partial charge is 0.253 e. The van der Waals surface area contributed by atoms with Crippen molar-refractivity contribution in [3.63, 3.8) is 0 Å². The van der Waals surface area contributed by atoms with Crippen LogP contribution in [0.15, 0.2) is 28.0 Å². The zero-order valence-corrected chi connectivity index (χ0v) is 15.3. The van der Waals surface area contributed by atoms with Crippen LogP contribution in [0.1, 0.15) is 13.8 Å². The van der Waals surface area contributed by atoms with E-state index in [0.717, 1.165) is 10.6 Å². The number of benzene rings is 1. The summed E-state index contributed by atoms with van der Waals surface area (Å²) in [5.74, 6) is -0.0366. The molecule has 0 aromatic heterocycles. The monoisotopic (exact) mass is 371 g/mol. The number of anilines is 1. The minimum Gasteiger partial charge on any atom is -0.379 e. The van der Waals surface area contributed by atoms with Gasteiger partial charge in [-0.25, -0.2) is 13.4 Å². The summed E-state index contributed by atoms with van der Waals surface area (Å²) < 4.78 is 30.4. The Kier molecular flexibility index (Phi) is 5.16. The first-order valence-electron chi connectivity index (χ1n) is 7.81. The number of hydrogen-bond acceptors (Lipinski definition) is 6. The van der Waals surface area contributed by atoms with Crippen LogP contribution in [0.3, 0.4) is 0 Å². The van der Waals surface area contributed by atoms with Crippen molar-refractivity contribution in [3.05, 3.63) is 18.2 Å². The quantitative estimate of drug-likeness (QED) is 0.856. The average molecular weight is 371 g/mol.